The first-order valence-corrected chi connectivity index (χ1v) is 9.52. The SMILES string of the molecule is COc1ccc(CCNC(=O)C(C)N2CCN(C(=O)C3CC3)CC2)cc1. The number of ether oxygens (including phenoxy) is 1. The third-order valence-electron chi connectivity index (χ3n) is 5.35. The van der Waals surface area contributed by atoms with Crippen LogP contribution >= 0.6 is 0 Å². The Morgan fingerprint density at radius 2 is 1.81 bits per heavy atom. The van der Waals surface area contributed by atoms with Crippen molar-refractivity contribution < 1.29 is 14.3 Å². The molecule has 1 aliphatic carbocycles. The van der Waals surface area contributed by atoms with Crippen LogP contribution < -0.4 is 10.1 Å². The predicted molar refractivity (Wildman–Crippen MR) is 100 cm³/mol. The van der Waals surface area contributed by atoms with Crippen LogP contribution in [-0.2, 0) is 16.0 Å². The van der Waals surface area contributed by atoms with Crippen LogP contribution in [0.4, 0.5) is 0 Å². The van der Waals surface area contributed by atoms with Gasteiger partial charge in [-0.1, -0.05) is 12.1 Å². The number of amides is 2. The van der Waals surface area contributed by atoms with Crippen LogP contribution in [0.1, 0.15) is 25.3 Å². The van der Waals surface area contributed by atoms with Gasteiger partial charge in [0.2, 0.25) is 11.8 Å². The smallest absolute Gasteiger partial charge is 0.237 e. The van der Waals surface area contributed by atoms with Crippen LogP contribution in [0.2, 0.25) is 0 Å². The summed E-state index contributed by atoms with van der Waals surface area (Å²) in [7, 11) is 1.65. The van der Waals surface area contributed by atoms with E-state index in [1.54, 1.807) is 7.11 Å². The quantitative estimate of drug-likeness (QED) is 0.797. The minimum atomic E-state index is -0.163. The van der Waals surface area contributed by atoms with Crippen molar-refractivity contribution in [3.8, 4) is 5.75 Å². The number of methoxy groups -OCH3 is 1. The van der Waals surface area contributed by atoms with E-state index in [0.29, 0.717) is 12.5 Å². The highest BCUT2D eigenvalue weighted by molar-refractivity contribution is 5.82. The van der Waals surface area contributed by atoms with E-state index in [1.165, 1.54) is 5.56 Å². The molecular weight excluding hydrogens is 330 g/mol. The van der Waals surface area contributed by atoms with Crippen LogP contribution in [0.5, 0.6) is 5.75 Å². The van der Waals surface area contributed by atoms with Gasteiger partial charge in [0.05, 0.1) is 13.2 Å². The van der Waals surface area contributed by atoms with Crippen LogP contribution in [0, 0.1) is 5.92 Å². The topological polar surface area (TPSA) is 61.9 Å². The van der Waals surface area contributed by atoms with Gasteiger partial charge in [-0.2, -0.15) is 0 Å². The van der Waals surface area contributed by atoms with E-state index in [1.807, 2.05) is 36.1 Å². The standard InChI is InChI=1S/C20H29N3O3/c1-15(22-11-13-23(14-12-22)20(25)17-5-6-17)19(24)21-10-9-16-3-7-18(26-2)8-4-16/h3-4,7-8,15,17H,5-6,9-14H2,1-2H3,(H,21,24). The van der Waals surface area contributed by atoms with Crippen molar-refractivity contribution in [1.29, 1.82) is 0 Å². The molecule has 1 saturated heterocycles. The molecule has 1 heterocycles. The third-order valence-corrected chi connectivity index (χ3v) is 5.35. The fraction of sp³-hybridized carbons (Fsp3) is 0.600. The van der Waals surface area contributed by atoms with E-state index in [0.717, 1.165) is 51.2 Å². The fourth-order valence-corrected chi connectivity index (χ4v) is 3.35. The lowest BCUT2D eigenvalue weighted by Gasteiger charge is -2.37. The Balaban J connectivity index is 1.38. The molecule has 3 rings (SSSR count). The predicted octanol–water partition coefficient (Wildman–Crippen LogP) is 1.30. The Kier molecular flexibility index (Phi) is 6.14. The summed E-state index contributed by atoms with van der Waals surface area (Å²) in [5, 5.41) is 3.03. The zero-order valence-electron chi connectivity index (χ0n) is 15.7. The van der Waals surface area contributed by atoms with Crippen LogP contribution in [0.3, 0.4) is 0 Å². The van der Waals surface area contributed by atoms with Crippen molar-refractivity contribution in [2.45, 2.75) is 32.2 Å². The van der Waals surface area contributed by atoms with Gasteiger partial charge in [-0.15, -0.1) is 0 Å². The van der Waals surface area contributed by atoms with Gasteiger partial charge in [0.25, 0.3) is 0 Å². The number of piperazine rings is 1. The van der Waals surface area contributed by atoms with Gasteiger partial charge in [-0.3, -0.25) is 14.5 Å². The van der Waals surface area contributed by atoms with Gasteiger partial charge in [0, 0.05) is 38.6 Å². The molecule has 1 aromatic rings. The van der Waals surface area contributed by atoms with E-state index in [-0.39, 0.29) is 17.9 Å². The zero-order valence-corrected chi connectivity index (χ0v) is 15.7. The molecule has 0 bridgehead atoms. The number of carbonyl (C=O) groups is 2. The minimum Gasteiger partial charge on any atom is -0.497 e. The highest BCUT2D eigenvalue weighted by atomic mass is 16.5. The molecule has 6 nitrogen and oxygen atoms in total. The molecule has 2 amide bonds. The summed E-state index contributed by atoms with van der Waals surface area (Å²) < 4.78 is 5.15. The Morgan fingerprint density at radius 1 is 1.15 bits per heavy atom. The van der Waals surface area contributed by atoms with Crippen molar-refractivity contribution in [3.63, 3.8) is 0 Å². The summed E-state index contributed by atoms with van der Waals surface area (Å²) in [4.78, 5) is 28.6. The van der Waals surface area contributed by atoms with E-state index < -0.39 is 0 Å². The van der Waals surface area contributed by atoms with Crippen molar-refractivity contribution >= 4 is 11.8 Å². The second-order valence-electron chi connectivity index (χ2n) is 7.20. The molecule has 0 spiro atoms. The molecule has 1 aliphatic heterocycles. The van der Waals surface area contributed by atoms with Crippen molar-refractivity contribution in [2.24, 2.45) is 5.92 Å². The van der Waals surface area contributed by atoms with Crippen LogP contribution in [0.25, 0.3) is 0 Å². The number of rotatable bonds is 7. The number of nitrogens with one attached hydrogen (secondary N) is 1. The summed E-state index contributed by atoms with van der Waals surface area (Å²) >= 11 is 0. The van der Waals surface area contributed by atoms with Gasteiger partial charge in [0.1, 0.15) is 5.75 Å². The van der Waals surface area contributed by atoms with Crippen molar-refractivity contribution in [2.75, 3.05) is 39.8 Å². The van der Waals surface area contributed by atoms with E-state index in [2.05, 4.69) is 10.2 Å². The van der Waals surface area contributed by atoms with E-state index in [9.17, 15) is 9.59 Å². The summed E-state index contributed by atoms with van der Waals surface area (Å²) in [5.74, 6) is 1.48. The summed E-state index contributed by atoms with van der Waals surface area (Å²) in [6.45, 7) is 5.57. The lowest BCUT2D eigenvalue weighted by atomic mass is 10.1. The molecule has 1 aromatic carbocycles. The van der Waals surface area contributed by atoms with Gasteiger partial charge in [-0.25, -0.2) is 0 Å². The largest absolute Gasteiger partial charge is 0.497 e. The molecule has 1 N–H and O–H groups in total. The zero-order chi connectivity index (χ0) is 18.5. The summed E-state index contributed by atoms with van der Waals surface area (Å²) in [5.41, 5.74) is 1.17. The maximum absolute atomic E-state index is 12.4. The third kappa shape index (κ3) is 4.75. The number of benzene rings is 1. The van der Waals surface area contributed by atoms with Crippen molar-refractivity contribution in [3.05, 3.63) is 29.8 Å². The number of carbonyl (C=O) groups excluding carboxylic acids is 2. The van der Waals surface area contributed by atoms with Gasteiger partial charge >= 0.3 is 0 Å². The van der Waals surface area contributed by atoms with Crippen LogP contribution in [0.15, 0.2) is 24.3 Å². The molecule has 142 valence electrons. The molecule has 2 aliphatic rings. The lowest BCUT2D eigenvalue weighted by molar-refractivity contribution is -0.135. The molecule has 2 fully saturated rings. The molecule has 1 atom stereocenters. The van der Waals surface area contributed by atoms with Crippen LogP contribution in [-0.4, -0.2) is 67.5 Å². The molecule has 1 unspecified atom stereocenters. The van der Waals surface area contributed by atoms with Gasteiger partial charge in [0.15, 0.2) is 0 Å². The molecule has 1 saturated carbocycles. The second-order valence-corrected chi connectivity index (χ2v) is 7.20. The molecule has 0 radical (unpaired) electrons. The Morgan fingerprint density at radius 3 is 2.38 bits per heavy atom. The summed E-state index contributed by atoms with van der Waals surface area (Å²) in [6.07, 6.45) is 2.89. The number of nitrogens with zero attached hydrogens (tertiary/aromatic N) is 2. The molecule has 26 heavy (non-hydrogen) atoms. The molecule has 6 heteroatoms. The minimum absolute atomic E-state index is 0.0560. The fourth-order valence-electron chi connectivity index (χ4n) is 3.35. The molecule has 0 aromatic heterocycles. The van der Waals surface area contributed by atoms with Gasteiger partial charge in [-0.05, 0) is 43.9 Å². The van der Waals surface area contributed by atoms with E-state index >= 15 is 0 Å². The first-order valence-electron chi connectivity index (χ1n) is 9.52. The second kappa shape index (κ2) is 8.54. The Bertz CT molecular complexity index is 620. The first kappa shape index (κ1) is 18.7. The average Bonchev–Trinajstić information content (AvgIpc) is 3.52. The normalized spacial score (nSPS) is 19.1. The Hall–Kier alpha value is -2.08. The highest BCUT2D eigenvalue weighted by Gasteiger charge is 2.35. The van der Waals surface area contributed by atoms with Crippen molar-refractivity contribution in [1.82, 2.24) is 15.1 Å². The number of hydrogen-bond acceptors (Lipinski definition) is 4. The highest BCUT2D eigenvalue weighted by Crippen LogP contribution is 2.31. The van der Waals surface area contributed by atoms with E-state index in [4.69, 9.17) is 4.74 Å². The maximum atomic E-state index is 12.4. The average molecular weight is 359 g/mol. The lowest BCUT2D eigenvalue weighted by Crippen LogP contribution is -2.55. The Labute approximate surface area is 155 Å². The monoisotopic (exact) mass is 359 g/mol. The first-order chi connectivity index (χ1) is 12.6. The summed E-state index contributed by atoms with van der Waals surface area (Å²) in [6, 6.07) is 7.74. The van der Waals surface area contributed by atoms with Gasteiger partial charge < -0.3 is 15.0 Å². The molecular formula is C20H29N3O3. The maximum Gasteiger partial charge on any atom is 0.237 e. The number of hydrogen-bond donors (Lipinski definition) is 1.